The molecule has 0 saturated heterocycles. The van der Waals surface area contributed by atoms with Crippen LogP contribution in [0.15, 0.2) is 27.6 Å². The van der Waals surface area contributed by atoms with E-state index in [1.54, 1.807) is 0 Å². The molecule has 0 aliphatic heterocycles. The molecule has 1 N–H and O–H groups in total. The molecule has 0 aliphatic carbocycles. The van der Waals surface area contributed by atoms with E-state index in [-0.39, 0.29) is 5.13 Å². The maximum Gasteiger partial charge on any atom is 0.266 e. The Kier molecular flexibility index (Phi) is 4.46. The topological polar surface area (TPSA) is 59.1 Å². The van der Waals surface area contributed by atoms with Crippen LogP contribution in [0.25, 0.3) is 0 Å². The van der Waals surface area contributed by atoms with E-state index >= 15 is 0 Å². The van der Waals surface area contributed by atoms with Gasteiger partial charge in [-0.1, -0.05) is 22.9 Å². The van der Waals surface area contributed by atoms with Crippen LogP contribution in [-0.2, 0) is 16.4 Å². The van der Waals surface area contributed by atoms with Crippen LogP contribution in [0, 0.1) is 12.7 Å². The van der Waals surface area contributed by atoms with E-state index in [1.165, 1.54) is 23.5 Å². The van der Waals surface area contributed by atoms with Gasteiger partial charge >= 0.3 is 0 Å². The average Bonchev–Trinajstić information content (AvgIpc) is 2.67. The lowest BCUT2D eigenvalue weighted by Crippen LogP contribution is -2.14. The predicted molar refractivity (Wildman–Crippen MR) is 81.1 cm³/mol. The molecular formula is C12H12BrFN2O2S2. The molecule has 0 unspecified atom stereocenters. The number of nitrogens with one attached hydrogen (secondary N) is 1. The number of sulfonamides is 1. The lowest BCUT2D eigenvalue weighted by Gasteiger charge is -2.06. The second-order valence-electron chi connectivity index (χ2n) is 4.06. The van der Waals surface area contributed by atoms with E-state index in [2.05, 4.69) is 25.6 Å². The van der Waals surface area contributed by atoms with Gasteiger partial charge in [-0.05, 0) is 31.5 Å². The van der Waals surface area contributed by atoms with Crippen molar-refractivity contribution in [2.75, 3.05) is 4.72 Å². The van der Waals surface area contributed by atoms with Gasteiger partial charge in [-0.25, -0.2) is 17.8 Å². The molecule has 2 rings (SSSR count). The molecule has 108 valence electrons. The van der Waals surface area contributed by atoms with Crippen LogP contribution in [0.3, 0.4) is 0 Å². The Hall–Kier alpha value is -0.990. The average molecular weight is 379 g/mol. The van der Waals surface area contributed by atoms with Crippen molar-refractivity contribution in [3.63, 3.8) is 0 Å². The van der Waals surface area contributed by atoms with E-state index < -0.39 is 20.7 Å². The van der Waals surface area contributed by atoms with E-state index in [0.29, 0.717) is 4.47 Å². The van der Waals surface area contributed by atoms with E-state index in [0.717, 1.165) is 23.1 Å². The monoisotopic (exact) mass is 378 g/mol. The molecule has 1 aromatic heterocycles. The van der Waals surface area contributed by atoms with Crippen LogP contribution in [0.1, 0.15) is 17.5 Å². The quantitative estimate of drug-likeness (QED) is 0.881. The van der Waals surface area contributed by atoms with Gasteiger partial charge in [0.15, 0.2) is 5.13 Å². The minimum Gasteiger partial charge on any atom is -0.255 e. The van der Waals surface area contributed by atoms with Gasteiger partial charge in [-0.15, -0.1) is 11.3 Å². The molecule has 0 amide bonds. The third-order valence-electron chi connectivity index (χ3n) is 2.63. The zero-order chi connectivity index (χ0) is 14.9. The summed E-state index contributed by atoms with van der Waals surface area (Å²) in [5.41, 5.74) is 0.837. The summed E-state index contributed by atoms with van der Waals surface area (Å²) in [6.07, 6.45) is 0.719. The molecule has 1 aromatic carbocycles. The van der Waals surface area contributed by atoms with Gasteiger partial charge < -0.3 is 0 Å². The number of halogens is 2. The first kappa shape index (κ1) is 15.4. The number of hydrogen-bond acceptors (Lipinski definition) is 4. The van der Waals surface area contributed by atoms with Crippen molar-refractivity contribution in [3.8, 4) is 0 Å². The van der Waals surface area contributed by atoms with Crippen molar-refractivity contribution >= 4 is 42.4 Å². The lowest BCUT2D eigenvalue weighted by atomic mass is 10.3. The van der Waals surface area contributed by atoms with Gasteiger partial charge in [0.25, 0.3) is 10.0 Å². The van der Waals surface area contributed by atoms with Crippen LogP contribution in [0.5, 0.6) is 0 Å². The molecule has 2 aromatic rings. The molecule has 0 radical (unpaired) electrons. The van der Waals surface area contributed by atoms with Gasteiger partial charge in [0.05, 0.1) is 5.69 Å². The Balaban J connectivity index is 2.35. The highest BCUT2D eigenvalue weighted by Crippen LogP contribution is 2.26. The normalized spacial score (nSPS) is 11.6. The highest BCUT2D eigenvalue weighted by molar-refractivity contribution is 9.10. The van der Waals surface area contributed by atoms with Gasteiger partial charge in [0, 0.05) is 9.35 Å². The molecule has 0 spiro atoms. The zero-order valence-electron chi connectivity index (χ0n) is 10.8. The molecule has 4 nitrogen and oxygen atoms in total. The van der Waals surface area contributed by atoms with Crippen molar-refractivity contribution in [1.82, 2.24) is 4.98 Å². The number of aryl methyl sites for hydroxylation is 2. The smallest absolute Gasteiger partial charge is 0.255 e. The minimum absolute atomic E-state index is 0.252. The summed E-state index contributed by atoms with van der Waals surface area (Å²) in [5.74, 6) is -0.809. The van der Waals surface area contributed by atoms with Crippen LogP contribution in [0.4, 0.5) is 9.52 Å². The SMILES string of the molecule is CCc1nc(NS(=O)(=O)c2ccc(Br)cc2F)sc1C. The van der Waals surface area contributed by atoms with Crippen LogP contribution in [0.2, 0.25) is 0 Å². The number of nitrogens with zero attached hydrogens (tertiary/aromatic N) is 1. The fourth-order valence-electron chi connectivity index (χ4n) is 1.66. The standard InChI is InChI=1S/C12H12BrFN2O2S2/c1-3-10-7(2)19-12(15-10)16-20(17,18)11-5-4-8(13)6-9(11)14/h4-6H,3H2,1-2H3,(H,15,16). The van der Waals surface area contributed by atoms with Crippen molar-refractivity contribution in [2.45, 2.75) is 25.2 Å². The first-order valence-electron chi connectivity index (χ1n) is 5.77. The predicted octanol–water partition coefficient (Wildman–Crippen LogP) is 3.72. The minimum atomic E-state index is -3.97. The maximum absolute atomic E-state index is 13.7. The fraction of sp³-hybridized carbons (Fsp3) is 0.250. The molecule has 1 heterocycles. The lowest BCUT2D eigenvalue weighted by molar-refractivity contribution is 0.570. The Labute approximate surface area is 129 Å². The molecule has 8 heteroatoms. The van der Waals surface area contributed by atoms with Crippen molar-refractivity contribution in [1.29, 1.82) is 0 Å². The second-order valence-corrected chi connectivity index (χ2v) is 7.83. The van der Waals surface area contributed by atoms with E-state index in [9.17, 15) is 12.8 Å². The highest BCUT2D eigenvalue weighted by atomic mass is 79.9. The first-order valence-corrected chi connectivity index (χ1v) is 8.87. The Morgan fingerprint density at radius 2 is 2.15 bits per heavy atom. The molecule has 0 bridgehead atoms. The van der Waals surface area contributed by atoms with Gasteiger partial charge in [0.1, 0.15) is 10.7 Å². The van der Waals surface area contributed by atoms with Crippen LogP contribution < -0.4 is 4.72 Å². The Morgan fingerprint density at radius 3 is 2.70 bits per heavy atom. The van der Waals surface area contributed by atoms with Crippen molar-refractivity contribution in [2.24, 2.45) is 0 Å². The Bertz CT molecular complexity index is 744. The molecule has 0 aliphatic rings. The summed E-state index contributed by atoms with van der Waals surface area (Å²) < 4.78 is 40.8. The number of aromatic nitrogens is 1. The molecular weight excluding hydrogens is 367 g/mol. The summed E-state index contributed by atoms with van der Waals surface area (Å²) in [6, 6.07) is 3.80. The van der Waals surface area contributed by atoms with Crippen LogP contribution >= 0.6 is 27.3 Å². The summed E-state index contributed by atoms with van der Waals surface area (Å²) >= 11 is 4.32. The zero-order valence-corrected chi connectivity index (χ0v) is 14.0. The molecule has 20 heavy (non-hydrogen) atoms. The van der Waals surface area contributed by atoms with Crippen LogP contribution in [-0.4, -0.2) is 13.4 Å². The van der Waals surface area contributed by atoms with Gasteiger partial charge in [0.2, 0.25) is 0 Å². The third-order valence-corrected chi connectivity index (χ3v) is 5.56. The Morgan fingerprint density at radius 1 is 1.45 bits per heavy atom. The first-order chi connectivity index (χ1) is 9.33. The number of anilines is 1. The molecule has 0 saturated carbocycles. The number of rotatable bonds is 4. The van der Waals surface area contributed by atoms with E-state index in [4.69, 9.17) is 0 Å². The summed E-state index contributed by atoms with van der Waals surface area (Å²) in [4.78, 5) is 4.73. The van der Waals surface area contributed by atoms with Gasteiger partial charge in [-0.3, -0.25) is 4.72 Å². The number of benzene rings is 1. The van der Waals surface area contributed by atoms with E-state index in [1.807, 2.05) is 13.8 Å². The largest absolute Gasteiger partial charge is 0.266 e. The van der Waals surface area contributed by atoms with Crippen molar-refractivity contribution < 1.29 is 12.8 Å². The summed E-state index contributed by atoms with van der Waals surface area (Å²) in [5, 5.41) is 0.252. The third kappa shape index (κ3) is 3.18. The molecule has 0 atom stereocenters. The van der Waals surface area contributed by atoms with Gasteiger partial charge in [-0.2, -0.15) is 0 Å². The molecule has 0 fully saturated rings. The number of thiazole rings is 1. The summed E-state index contributed by atoms with van der Waals surface area (Å²) in [6.45, 7) is 3.81. The number of hydrogen-bond donors (Lipinski definition) is 1. The second kappa shape index (κ2) is 5.79. The summed E-state index contributed by atoms with van der Waals surface area (Å²) in [7, 11) is -3.97. The van der Waals surface area contributed by atoms with Crippen molar-refractivity contribution in [3.05, 3.63) is 39.1 Å². The fourth-order valence-corrected chi connectivity index (χ4v) is 4.19. The maximum atomic E-state index is 13.7. The highest BCUT2D eigenvalue weighted by Gasteiger charge is 2.21.